The van der Waals surface area contributed by atoms with Crippen molar-refractivity contribution in [3.05, 3.63) is 70.4 Å². The fraction of sp³-hybridized carbons (Fsp3) is 0. The number of halogens is 2. The van der Waals surface area contributed by atoms with Crippen LogP contribution in [0, 0.1) is 0 Å². The molecule has 0 fully saturated rings. The van der Waals surface area contributed by atoms with E-state index in [4.69, 9.17) is 28.3 Å². The summed E-state index contributed by atoms with van der Waals surface area (Å²) in [7, 11) is 0. The van der Waals surface area contributed by atoms with Crippen molar-refractivity contribution >= 4 is 58.6 Å². The third-order valence-corrected chi connectivity index (χ3v) is 3.84. The van der Waals surface area contributed by atoms with Gasteiger partial charge in [-0.25, -0.2) is 9.78 Å². The molecule has 2 aromatic heterocycles. The zero-order chi connectivity index (χ0) is 19.2. The molecule has 3 aromatic rings. The number of nitrogens with zero attached hydrogens (tertiary/aromatic N) is 3. The lowest BCUT2D eigenvalue weighted by molar-refractivity contribution is 0.209. The highest BCUT2D eigenvalue weighted by molar-refractivity contribution is 6.33. The summed E-state index contributed by atoms with van der Waals surface area (Å²) in [6, 6.07) is 10.8. The predicted molar refractivity (Wildman–Crippen MR) is 107 cm³/mol. The molecule has 0 radical (unpaired) electrons. The number of aromatic nitrogens is 3. The van der Waals surface area contributed by atoms with Gasteiger partial charge in [0.2, 0.25) is 5.28 Å². The number of amides is 1. The van der Waals surface area contributed by atoms with Gasteiger partial charge in [0.15, 0.2) is 5.82 Å². The molecule has 0 aliphatic rings. The fourth-order valence-corrected chi connectivity index (χ4v) is 2.51. The Balaban J connectivity index is 1.81. The van der Waals surface area contributed by atoms with E-state index in [9.17, 15) is 4.79 Å². The first-order chi connectivity index (χ1) is 13.0. The molecule has 0 unspecified atom stereocenters. The fourth-order valence-electron chi connectivity index (χ4n) is 2.24. The van der Waals surface area contributed by atoms with Gasteiger partial charge in [-0.15, -0.1) is 0 Å². The van der Waals surface area contributed by atoms with Crippen LogP contribution in [0.4, 0.5) is 22.0 Å². The second-order valence-electron chi connectivity index (χ2n) is 5.29. The minimum Gasteiger partial charge on any atom is -0.465 e. The first-order valence-electron chi connectivity index (χ1n) is 7.69. The van der Waals surface area contributed by atoms with Crippen LogP contribution in [-0.2, 0) is 0 Å². The van der Waals surface area contributed by atoms with Crippen LogP contribution in [0.2, 0.25) is 10.3 Å². The first kappa shape index (κ1) is 18.6. The van der Waals surface area contributed by atoms with Gasteiger partial charge in [-0.3, -0.25) is 10.3 Å². The lowest BCUT2D eigenvalue weighted by atomic mass is 10.1. The molecule has 7 nitrogen and oxygen atoms in total. The molecule has 3 rings (SSSR count). The number of hydrogen-bond acceptors (Lipinski definition) is 5. The Bertz CT molecular complexity index is 1010. The Labute approximate surface area is 164 Å². The van der Waals surface area contributed by atoms with E-state index in [-0.39, 0.29) is 5.28 Å². The molecule has 0 aliphatic heterocycles. The highest BCUT2D eigenvalue weighted by Crippen LogP contribution is 2.25. The smallest absolute Gasteiger partial charge is 0.409 e. The number of carboxylic acid groups (broad SMARTS) is 1. The summed E-state index contributed by atoms with van der Waals surface area (Å²) in [6.07, 6.45) is 5.39. The maximum atomic E-state index is 10.9. The van der Waals surface area contributed by atoms with Crippen LogP contribution in [0.25, 0.3) is 12.2 Å². The van der Waals surface area contributed by atoms with E-state index >= 15 is 0 Å². The molecule has 9 heteroatoms. The van der Waals surface area contributed by atoms with Gasteiger partial charge in [0.1, 0.15) is 5.02 Å². The van der Waals surface area contributed by atoms with Gasteiger partial charge >= 0.3 is 6.09 Å². The van der Waals surface area contributed by atoms with E-state index in [1.54, 1.807) is 24.4 Å². The average Bonchev–Trinajstić information content (AvgIpc) is 2.64. The molecule has 0 spiro atoms. The summed E-state index contributed by atoms with van der Waals surface area (Å²) < 4.78 is 0. The summed E-state index contributed by atoms with van der Waals surface area (Å²) >= 11 is 11.9. The van der Waals surface area contributed by atoms with Crippen molar-refractivity contribution < 1.29 is 9.90 Å². The molecular formula is C18H13Cl2N5O2. The monoisotopic (exact) mass is 401 g/mol. The van der Waals surface area contributed by atoms with Gasteiger partial charge in [0.05, 0.1) is 17.6 Å². The van der Waals surface area contributed by atoms with Crippen molar-refractivity contribution in [2.75, 3.05) is 10.6 Å². The highest BCUT2D eigenvalue weighted by Gasteiger charge is 2.06. The SMILES string of the molecule is O=C(O)Nc1cccnc1/C=C\c1cccc(Nc2nc(Cl)ncc2Cl)c1. The number of benzene rings is 1. The second-order valence-corrected chi connectivity index (χ2v) is 6.03. The Kier molecular flexibility index (Phi) is 5.85. The minimum absolute atomic E-state index is 0.0894. The topological polar surface area (TPSA) is 100 Å². The van der Waals surface area contributed by atoms with Gasteiger partial charge in [-0.05, 0) is 47.5 Å². The van der Waals surface area contributed by atoms with Crippen molar-refractivity contribution in [1.82, 2.24) is 15.0 Å². The number of pyridine rings is 1. The molecule has 2 heterocycles. The van der Waals surface area contributed by atoms with Gasteiger partial charge in [-0.2, -0.15) is 4.98 Å². The van der Waals surface area contributed by atoms with Gasteiger partial charge in [-0.1, -0.05) is 29.8 Å². The van der Waals surface area contributed by atoms with E-state index in [2.05, 4.69) is 25.6 Å². The molecule has 136 valence electrons. The van der Waals surface area contributed by atoms with Crippen molar-refractivity contribution in [1.29, 1.82) is 0 Å². The van der Waals surface area contributed by atoms with E-state index in [0.29, 0.717) is 22.2 Å². The Morgan fingerprint density at radius 1 is 1.11 bits per heavy atom. The third-order valence-electron chi connectivity index (χ3n) is 3.38. The summed E-state index contributed by atoms with van der Waals surface area (Å²) in [5.74, 6) is 0.399. The van der Waals surface area contributed by atoms with Crippen molar-refractivity contribution in [2.24, 2.45) is 0 Å². The van der Waals surface area contributed by atoms with Crippen LogP contribution >= 0.6 is 23.2 Å². The highest BCUT2D eigenvalue weighted by atomic mass is 35.5. The first-order valence-corrected chi connectivity index (χ1v) is 8.45. The van der Waals surface area contributed by atoms with Crippen LogP contribution < -0.4 is 10.6 Å². The average molecular weight is 402 g/mol. The van der Waals surface area contributed by atoms with E-state index in [1.165, 1.54) is 6.20 Å². The van der Waals surface area contributed by atoms with Gasteiger partial charge in [0, 0.05) is 11.9 Å². The molecule has 27 heavy (non-hydrogen) atoms. The van der Waals surface area contributed by atoms with Crippen LogP contribution in [0.3, 0.4) is 0 Å². The number of hydrogen-bond donors (Lipinski definition) is 3. The summed E-state index contributed by atoms with van der Waals surface area (Å²) in [5.41, 5.74) is 2.52. The molecule has 0 saturated carbocycles. The molecule has 0 aliphatic carbocycles. The quantitative estimate of drug-likeness (QED) is 0.509. The summed E-state index contributed by atoms with van der Waals surface area (Å²) in [6.45, 7) is 0. The zero-order valence-electron chi connectivity index (χ0n) is 13.7. The molecule has 0 bridgehead atoms. The lowest BCUT2D eigenvalue weighted by Crippen LogP contribution is -2.08. The number of anilines is 3. The predicted octanol–water partition coefficient (Wildman–Crippen LogP) is 5.18. The normalized spacial score (nSPS) is 10.7. The Hall–Kier alpha value is -3.16. The number of nitrogens with one attached hydrogen (secondary N) is 2. The Morgan fingerprint density at radius 2 is 1.96 bits per heavy atom. The largest absolute Gasteiger partial charge is 0.465 e. The minimum atomic E-state index is -1.15. The van der Waals surface area contributed by atoms with Crippen molar-refractivity contribution in [3.8, 4) is 0 Å². The summed E-state index contributed by atoms with van der Waals surface area (Å²) in [5, 5.41) is 14.7. The van der Waals surface area contributed by atoms with Crippen LogP contribution in [0.15, 0.2) is 48.8 Å². The number of rotatable bonds is 5. The van der Waals surface area contributed by atoms with Crippen LogP contribution in [0.1, 0.15) is 11.3 Å². The van der Waals surface area contributed by atoms with Crippen LogP contribution in [0.5, 0.6) is 0 Å². The number of carbonyl (C=O) groups is 1. The van der Waals surface area contributed by atoms with E-state index < -0.39 is 6.09 Å². The summed E-state index contributed by atoms with van der Waals surface area (Å²) in [4.78, 5) is 22.9. The molecule has 0 saturated heterocycles. The molecule has 1 aromatic carbocycles. The molecule has 1 amide bonds. The molecule has 0 atom stereocenters. The lowest BCUT2D eigenvalue weighted by Gasteiger charge is -2.08. The van der Waals surface area contributed by atoms with Gasteiger partial charge < -0.3 is 10.4 Å². The van der Waals surface area contributed by atoms with Crippen LogP contribution in [-0.4, -0.2) is 26.2 Å². The van der Waals surface area contributed by atoms with E-state index in [1.807, 2.05) is 30.3 Å². The molecular weight excluding hydrogens is 389 g/mol. The molecule has 3 N–H and O–H groups in total. The van der Waals surface area contributed by atoms with Crippen molar-refractivity contribution in [3.63, 3.8) is 0 Å². The second kappa shape index (κ2) is 8.48. The maximum Gasteiger partial charge on any atom is 0.409 e. The van der Waals surface area contributed by atoms with E-state index in [0.717, 1.165) is 11.3 Å². The maximum absolute atomic E-state index is 10.9. The standard InChI is InChI=1S/C18H13Cl2N5O2/c19-13-10-22-17(20)25-16(13)23-12-4-1-3-11(9-12)6-7-14-15(24-18(26)27)5-2-8-21-14/h1-10,24H,(H,26,27)(H,22,23,25)/b7-6-. The third kappa shape index (κ3) is 5.16. The van der Waals surface area contributed by atoms with Gasteiger partial charge in [0.25, 0.3) is 0 Å². The zero-order valence-corrected chi connectivity index (χ0v) is 15.2. The Morgan fingerprint density at radius 3 is 2.78 bits per heavy atom. The van der Waals surface area contributed by atoms with Crippen molar-refractivity contribution in [2.45, 2.75) is 0 Å².